The van der Waals surface area contributed by atoms with Gasteiger partial charge in [-0.05, 0) is 25.7 Å². The molecule has 0 bridgehead atoms. The maximum atomic E-state index is 13.8. The Hall–Kier alpha value is -1.39. The molecule has 0 aliphatic rings. The third-order valence-corrected chi connectivity index (χ3v) is 4.70. The van der Waals surface area contributed by atoms with Crippen molar-refractivity contribution in [3.8, 4) is 0 Å². The van der Waals surface area contributed by atoms with Crippen LogP contribution in [0.4, 0.5) is 35.1 Å². The van der Waals surface area contributed by atoms with E-state index in [1.807, 2.05) is 6.92 Å². The first-order valence-electron chi connectivity index (χ1n) is 10.1. The van der Waals surface area contributed by atoms with E-state index in [1.165, 1.54) is 0 Å². The zero-order chi connectivity index (χ0) is 24.3. The van der Waals surface area contributed by atoms with Crippen LogP contribution >= 0.6 is 0 Å². The molecule has 0 rings (SSSR count). The van der Waals surface area contributed by atoms with Gasteiger partial charge in [-0.25, -0.2) is 4.79 Å². The van der Waals surface area contributed by atoms with Crippen LogP contribution in [-0.4, -0.2) is 48.0 Å². The Bertz CT molecular complexity index is 565. The van der Waals surface area contributed by atoms with Gasteiger partial charge in [0.25, 0.3) is 0 Å². The molecule has 0 saturated carbocycles. The van der Waals surface area contributed by atoms with Crippen LogP contribution in [0.1, 0.15) is 71.1 Å². The van der Waals surface area contributed by atoms with Gasteiger partial charge < -0.3 is 9.84 Å². The van der Waals surface area contributed by atoms with Gasteiger partial charge in [0, 0.05) is 25.0 Å². The zero-order valence-corrected chi connectivity index (χ0v) is 17.5. The summed E-state index contributed by atoms with van der Waals surface area (Å²) in [6, 6.07) is 0. The average molecular weight is 470 g/mol. The van der Waals surface area contributed by atoms with Gasteiger partial charge in [-0.1, -0.05) is 39.2 Å². The Morgan fingerprint density at radius 2 is 1.29 bits per heavy atom. The number of aliphatic hydroxyl groups is 1. The number of alkyl halides is 8. The maximum Gasteiger partial charge on any atom is 0.378 e. The first kappa shape index (κ1) is 29.6. The standard InChI is InChI=1S/C20H30F8O3/c1-3-4-5-6-7-11-17(21,22)19(25,26)20(27,28)18(23,24)12-9-14-31-16(30)15(2)10-8-13-29/h29H,2-14H2,1H3. The van der Waals surface area contributed by atoms with Crippen LogP contribution in [0.2, 0.25) is 0 Å². The molecule has 0 atom stereocenters. The van der Waals surface area contributed by atoms with E-state index in [4.69, 9.17) is 5.11 Å². The number of hydrogen-bond donors (Lipinski definition) is 1. The summed E-state index contributed by atoms with van der Waals surface area (Å²) in [5.41, 5.74) is -0.101. The quantitative estimate of drug-likeness (QED) is 0.114. The Kier molecular flexibility index (Phi) is 12.0. The first-order valence-corrected chi connectivity index (χ1v) is 10.1. The van der Waals surface area contributed by atoms with Gasteiger partial charge in [0.1, 0.15) is 0 Å². The second kappa shape index (κ2) is 12.6. The average Bonchev–Trinajstić information content (AvgIpc) is 2.68. The molecule has 0 unspecified atom stereocenters. The fourth-order valence-electron chi connectivity index (χ4n) is 2.68. The summed E-state index contributed by atoms with van der Waals surface area (Å²) in [4.78, 5) is 11.5. The lowest BCUT2D eigenvalue weighted by molar-refractivity contribution is -0.368. The van der Waals surface area contributed by atoms with Crippen LogP contribution in [0.5, 0.6) is 0 Å². The van der Waals surface area contributed by atoms with Crippen molar-refractivity contribution < 1.29 is 49.8 Å². The van der Waals surface area contributed by atoms with Gasteiger partial charge >= 0.3 is 29.7 Å². The van der Waals surface area contributed by atoms with Crippen molar-refractivity contribution in [1.82, 2.24) is 0 Å². The topological polar surface area (TPSA) is 46.5 Å². The first-order chi connectivity index (χ1) is 14.2. The van der Waals surface area contributed by atoms with Crippen molar-refractivity contribution in [3.63, 3.8) is 0 Å². The minimum atomic E-state index is -6.30. The predicted molar refractivity (Wildman–Crippen MR) is 98.8 cm³/mol. The van der Waals surface area contributed by atoms with Crippen LogP contribution in [0.25, 0.3) is 0 Å². The number of rotatable bonds is 17. The number of unbranched alkanes of at least 4 members (excludes halogenated alkanes) is 4. The van der Waals surface area contributed by atoms with Gasteiger partial charge in [0.15, 0.2) is 0 Å². The van der Waals surface area contributed by atoms with E-state index in [0.29, 0.717) is 12.8 Å². The molecule has 0 aromatic carbocycles. The Balaban J connectivity index is 4.87. The number of halogens is 8. The minimum absolute atomic E-state index is 0.0450. The molecule has 0 saturated heterocycles. The fraction of sp³-hybridized carbons (Fsp3) is 0.850. The summed E-state index contributed by atoms with van der Waals surface area (Å²) in [6.07, 6.45) is -2.84. The van der Waals surface area contributed by atoms with Gasteiger partial charge in [-0.15, -0.1) is 0 Å². The second-order valence-electron chi connectivity index (χ2n) is 7.39. The van der Waals surface area contributed by atoms with Crippen LogP contribution < -0.4 is 0 Å². The third kappa shape index (κ3) is 8.23. The lowest BCUT2D eigenvalue weighted by atomic mass is 9.92. The molecule has 3 nitrogen and oxygen atoms in total. The van der Waals surface area contributed by atoms with Crippen molar-refractivity contribution in [2.45, 2.75) is 94.8 Å². The third-order valence-electron chi connectivity index (χ3n) is 4.70. The van der Waals surface area contributed by atoms with Gasteiger partial charge in [0.05, 0.1) is 6.61 Å². The van der Waals surface area contributed by atoms with Crippen molar-refractivity contribution in [3.05, 3.63) is 12.2 Å². The monoisotopic (exact) mass is 470 g/mol. The summed E-state index contributed by atoms with van der Waals surface area (Å²) in [6.45, 7) is 4.08. The molecule has 0 spiro atoms. The normalized spacial score (nSPS) is 13.4. The Morgan fingerprint density at radius 1 is 0.806 bits per heavy atom. The predicted octanol–water partition coefficient (Wildman–Crippen LogP) is 6.54. The molecule has 0 radical (unpaired) electrons. The van der Waals surface area contributed by atoms with Crippen LogP contribution in [-0.2, 0) is 9.53 Å². The molecule has 11 heteroatoms. The highest BCUT2D eigenvalue weighted by Crippen LogP contribution is 2.55. The van der Waals surface area contributed by atoms with E-state index in [2.05, 4.69) is 11.3 Å². The van der Waals surface area contributed by atoms with Crippen molar-refractivity contribution in [1.29, 1.82) is 0 Å². The molecule has 0 aliphatic heterocycles. The molecule has 0 aromatic rings. The van der Waals surface area contributed by atoms with Crippen molar-refractivity contribution in [2.75, 3.05) is 13.2 Å². The summed E-state index contributed by atoms with van der Waals surface area (Å²) >= 11 is 0. The molecular formula is C20H30F8O3. The maximum absolute atomic E-state index is 13.8. The van der Waals surface area contributed by atoms with E-state index in [-0.39, 0.29) is 31.4 Å². The molecule has 0 fully saturated rings. The lowest BCUT2D eigenvalue weighted by Gasteiger charge is -2.37. The van der Waals surface area contributed by atoms with Gasteiger partial charge in [-0.3, -0.25) is 0 Å². The number of carbonyl (C=O) groups is 1. The Labute approximate surface area is 176 Å². The highest BCUT2D eigenvalue weighted by atomic mass is 19.4. The van der Waals surface area contributed by atoms with Crippen LogP contribution in [0.15, 0.2) is 12.2 Å². The van der Waals surface area contributed by atoms with Crippen molar-refractivity contribution in [2.24, 2.45) is 0 Å². The molecule has 31 heavy (non-hydrogen) atoms. The lowest BCUT2D eigenvalue weighted by Crippen LogP contribution is -2.62. The molecule has 0 amide bonds. The number of esters is 1. The zero-order valence-electron chi connectivity index (χ0n) is 17.5. The Morgan fingerprint density at radius 3 is 1.77 bits per heavy atom. The fourth-order valence-corrected chi connectivity index (χ4v) is 2.68. The number of hydrogen-bond acceptors (Lipinski definition) is 3. The number of aliphatic hydroxyl groups excluding tert-OH is 1. The second-order valence-corrected chi connectivity index (χ2v) is 7.39. The molecule has 184 valence electrons. The molecule has 0 heterocycles. The van der Waals surface area contributed by atoms with E-state index in [0.717, 1.165) is 6.42 Å². The summed E-state index contributed by atoms with van der Waals surface area (Å²) in [7, 11) is 0. The van der Waals surface area contributed by atoms with E-state index < -0.39 is 61.9 Å². The highest BCUT2D eigenvalue weighted by Gasteiger charge is 2.79. The number of carbonyl (C=O) groups excluding carboxylic acids is 1. The van der Waals surface area contributed by atoms with Crippen LogP contribution in [0.3, 0.4) is 0 Å². The molecule has 0 aromatic heterocycles. The highest BCUT2D eigenvalue weighted by molar-refractivity contribution is 5.87. The summed E-state index contributed by atoms with van der Waals surface area (Å²) in [5.74, 6) is -24.4. The molecule has 1 N–H and O–H groups in total. The van der Waals surface area contributed by atoms with E-state index in [1.54, 1.807) is 0 Å². The largest absolute Gasteiger partial charge is 0.462 e. The summed E-state index contributed by atoms with van der Waals surface area (Å²) in [5, 5.41) is 8.62. The molecular weight excluding hydrogens is 440 g/mol. The SMILES string of the molecule is C=C(CCCO)C(=O)OCCCC(F)(F)C(F)(F)C(F)(F)C(F)(F)CCCCCCC. The van der Waals surface area contributed by atoms with E-state index in [9.17, 15) is 39.9 Å². The minimum Gasteiger partial charge on any atom is -0.462 e. The molecule has 0 aliphatic carbocycles. The van der Waals surface area contributed by atoms with Gasteiger partial charge in [0.2, 0.25) is 0 Å². The van der Waals surface area contributed by atoms with Gasteiger partial charge in [-0.2, -0.15) is 35.1 Å². The number of ether oxygens (including phenoxy) is 1. The van der Waals surface area contributed by atoms with Crippen LogP contribution in [0, 0.1) is 0 Å². The van der Waals surface area contributed by atoms with Crippen molar-refractivity contribution >= 4 is 5.97 Å². The van der Waals surface area contributed by atoms with E-state index >= 15 is 0 Å². The smallest absolute Gasteiger partial charge is 0.378 e. The summed E-state index contributed by atoms with van der Waals surface area (Å²) < 4.78 is 115.